The Labute approximate surface area is 121 Å². The van der Waals surface area contributed by atoms with E-state index in [9.17, 15) is 4.79 Å². The van der Waals surface area contributed by atoms with Gasteiger partial charge in [0.25, 0.3) is 0 Å². The highest BCUT2D eigenvalue weighted by Gasteiger charge is 2.16. The fraction of sp³-hybridized carbons (Fsp3) is 0.588. The van der Waals surface area contributed by atoms with Gasteiger partial charge in [-0.2, -0.15) is 0 Å². The van der Waals surface area contributed by atoms with E-state index in [0.717, 1.165) is 25.0 Å². The molecule has 0 spiro atoms. The summed E-state index contributed by atoms with van der Waals surface area (Å²) in [7, 11) is 0. The zero-order valence-electron chi connectivity index (χ0n) is 12.7. The van der Waals surface area contributed by atoms with Crippen molar-refractivity contribution in [1.82, 2.24) is 5.32 Å². The average Bonchev–Trinajstić information content (AvgIpc) is 2.92. The highest BCUT2D eigenvalue weighted by molar-refractivity contribution is 5.79. The van der Waals surface area contributed by atoms with Gasteiger partial charge in [-0.25, -0.2) is 0 Å². The number of hydrogen-bond acceptors (Lipinski definition) is 2. The van der Waals surface area contributed by atoms with Gasteiger partial charge in [0.2, 0.25) is 5.91 Å². The predicted molar refractivity (Wildman–Crippen MR) is 81.0 cm³/mol. The van der Waals surface area contributed by atoms with Crippen molar-refractivity contribution in [3.8, 4) is 0 Å². The number of hydrogen-bond donors (Lipinski definition) is 1. The van der Waals surface area contributed by atoms with E-state index in [0.29, 0.717) is 18.9 Å². The number of benzene rings is 1. The second-order valence-electron chi connectivity index (χ2n) is 5.96. The largest absolute Gasteiger partial charge is 0.376 e. The van der Waals surface area contributed by atoms with Crippen LogP contribution in [0.25, 0.3) is 0 Å². The zero-order chi connectivity index (χ0) is 14.5. The van der Waals surface area contributed by atoms with E-state index in [1.807, 2.05) is 0 Å². The van der Waals surface area contributed by atoms with Crippen LogP contribution in [0.15, 0.2) is 18.2 Å². The number of carbonyl (C=O) groups excluding carboxylic acids is 1. The maximum atomic E-state index is 12.0. The van der Waals surface area contributed by atoms with Crippen molar-refractivity contribution in [3.05, 3.63) is 34.9 Å². The summed E-state index contributed by atoms with van der Waals surface area (Å²) >= 11 is 0. The Balaban J connectivity index is 1.91. The number of amides is 1. The van der Waals surface area contributed by atoms with E-state index in [-0.39, 0.29) is 12.0 Å². The van der Waals surface area contributed by atoms with E-state index < -0.39 is 0 Å². The second kappa shape index (κ2) is 6.89. The summed E-state index contributed by atoms with van der Waals surface area (Å²) in [5, 5.41) is 2.99. The minimum atomic E-state index is 0.0875. The van der Waals surface area contributed by atoms with E-state index in [1.165, 1.54) is 11.1 Å². The molecular weight excluding hydrogens is 250 g/mol. The first-order chi connectivity index (χ1) is 9.56. The van der Waals surface area contributed by atoms with Crippen LogP contribution >= 0.6 is 0 Å². The number of carbonyl (C=O) groups is 1. The first kappa shape index (κ1) is 15.0. The SMILES string of the molecule is Cc1ccc(C(C)C)cc1CC(=O)NCC1CCCO1. The van der Waals surface area contributed by atoms with Gasteiger partial charge >= 0.3 is 0 Å². The Kier molecular flexibility index (Phi) is 5.18. The third-order valence-electron chi connectivity index (χ3n) is 3.94. The number of rotatable bonds is 5. The molecule has 1 aromatic rings. The molecule has 0 radical (unpaired) electrons. The van der Waals surface area contributed by atoms with Crippen LogP contribution in [0.2, 0.25) is 0 Å². The number of ether oxygens (including phenoxy) is 1. The molecule has 0 aromatic heterocycles. The number of nitrogens with one attached hydrogen (secondary N) is 1. The van der Waals surface area contributed by atoms with Gasteiger partial charge in [-0.3, -0.25) is 4.79 Å². The maximum absolute atomic E-state index is 12.0. The Bertz CT molecular complexity index is 462. The quantitative estimate of drug-likeness (QED) is 0.897. The van der Waals surface area contributed by atoms with Crippen molar-refractivity contribution in [1.29, 1.82) is 0 Å². The Hall–Kier alpha value is -1.35. The first-order valence-corrected chi connectivity index (χ1v) is 7.54. The first-order valence-electron chi connectivity index (χ1n) is 7.54. The lowest BCUT2D eigenvalue weighted by atomic mass is 9.96. The molecule has 20 heavy (non-hydrogen) atoms. The summed E-state index contributed by atoms with van der Waals surface area (Å²) in [5.74, 6) is 0.578. The highest BCUT2D eigenvalue weighted by atomic mass is 16.5. The molecule has 1 N–H and O–H groups in total. The van der Waals surface area contributed by atoms with E-state index in [1.54, 1.807) is 0 Å². The second-order valence-corrected chi connectivity index (χ2v) is 5.96. The van der Waals surface area contributed by atoms with Crippen molar-refractivity contribution >= 4 is 5.91 Å². The smallest absolute Gasteiger partial charge is 0.224 e. The maximum Gasteiger partial charge on any atom is 0.224 e. The molecule has 1 fully saturated rings. The molecule has 3 heteroatoms. The molecule has 1 heterocycles. The van der Waals surface area contributed by atoms with Crippen molar-refractivity contribution in [2.24, 2.45) is 0 Å². The standard InChI is InChI=1S/C17H25NO2/c1-12(2)14-7-6-13(3)15(9-14)10-17(19)18-11-16-5-4-8-20-16/h6-7,9,12,16H,4-5,8,10-11H2,1-3H3,(H,18,19). The summed E-state index contributed by atoms with van der Waals surface area (Å²) in [6.45, 7) is 7.88. The van der Waals surface area contributed by atoms with E-state index in [4.69, 9.17) is 4.74 Å². The fourth-order valence-corrected chi connectivity index (χ4v) is 2.51. The van der Waals surface area contributed by atoms with Gasteiger partial charge in [0.15, 0.2) is 0 Å². The van der Waals surface area contributed by atoms with E-state index >= 15 is 0 Å². The summed E-state index contributed by atoms with van der Waals surface area (Å²) in [6, 6.07) is 6.41. The van der Waals surface area contributed by atoms with Gasteiger partial charge in [0.1, 0.15) is 0 Å². The van der Waals surface area contributed by atoms with Gasteiger partial charge in [-0.1, -0.05) is 32.0 Å². The van der Waals surface area contributed by atoms with Crippen LogP contribution < -0.4 is 5.32 Å². The molecule has 1 unspecified atom stereocenters. The van der Waals surface area contributed by atoms with Gasteiger partial charge in [-0.05, 0) is 42.4 Å². The molecule has 0 bridgehead atoms. The normalized spacial score (nSPS) is 18.5. The average molecular weight is 275 g/mol. The van der Waals surface area contributed by atoms with Crippen LogP contribution in [0.1, 0.15) is 49.3 Å². The molecular formula is C17H25NO2. The van der Waals surface area contributed by atoms with Gasteiger partial charge < -0.3 is 10.1 Å². The lowest BCUT2D eigenvalue weighted by Crippen LogP contribution is -2.32. The molecule has 1 amide bonds. The molecule has 1 atom stereocenters. The molecule has 2 rings (SSSR count). The van der Waals surface area contributed by atoms with Crippen molar-refractivity contribution in [3.63, 3.8) is 0 Å². The fourth-order valence-electron chi connectivity index (χ4n) is 2.51. The Morgan fingerprint density at radius 2 is 2.25 bits per heavy atom. The topological polar surface area (TPSA) is 38.3 Å². The minimum Gasteiger partial charge on any atom is -0.376 e. The predicted octanol–water partition coefficient (Wildman–Crippen LogP) is 2.96. The molecule has 1 aliphatic rings. The van der Waals surface area contributed by atoms with Gasteiger partial charge in [0, 0.05) is 13.2 Å². The highest BCUT2D eigenvalue weighted by Crippen LogP contribution is 2.19. The summed E-state index contributed by atoms with van der Waals surface area (Å²) < 4.78 is 5.51. The van der Waals surface area contributed by atoms with Crippen LogP contribution in [0.4, 0.5) is 0 Å². The summed E-state index contributed by atoms with van der Waals surface area (Å²) in [5.41, 5.74) is 3.60. The minimum absolute atomic E-state index is 0.0875. The molecule has 110 valence electrons. The lowest BCUT2D eigenvalue weighted by Gasteiger charge is -2.13. The van der Waals surface area contributed by atoms with E-state index in [2.05, 4.69) is 44.3 Å². The summed E-state index contributed by atoms with van der Waals surface area (Å²) in [4.78, 5) is 12.0. The molecule has 0 saturated carbocycles. The van der Waals surface area contributed by atoms with Crippen LogP contribution in [0, 0.1) is 6.92 Å². The van der Waals surface area contributed by atoms with Crippen LogP contribution in [-0.2, 0) is 16.0 Å². The molecule has 1 aliphatic heterocycles. The van der Waals surface area contributed by atoms with Crippen LogP contribution in [0.3, 0.4) is 0 Å². The monoisotopic (exact) mass is 275 g/mol. The molecule has 1 saturated heterocycles. The summed E-state index contributed by atoms with van der Waals surface area (Å²) in [6.07, 6.45) is 2.83. The Morgan fingerprint density at radius 3 is 2.90 bits per heavy atom. The Morgan fingerprint density at radius 1 is 1.45 bits per heavy atom. The number of aryl methyl sites for hydroxylation is 1. The van der Waals surface area contributed by atoms with Crippen molar-refractivity contribution in [2.45, 2.75) is 52.1 Å². The van der Waals surface area contributed by atoms with Gasteiger partial charge in [-0.15, -0.1) is 0 Å². The third kappa shape index (κ3) is 4.07. The third-order valence-corrected chi connectivity index (χ3v) is 3.94. The van der Waals surface area contributed by atoms with Crippen LogP contribution in [0.5, 0.6) is 0 Å². The van der Waals surface area contributed by atoms with Crippen molar-refractivity contribution < 1.29 is 9.53 Å². The molecule has 3 nitrogen and oxygen atoms in total. The molecule has 0 aliphatic carbocycles. The molecule has 1 aromatic carbocycles. The zero-order valence-corrected chi connectivity index (χ0v) is 12.7. The lowest BCUT2D eigenvalue weighted by molar-refractivity contribution is -0.120. The van der Waals surface area contributed by atoms with Crippen LogP contribution in [-0.4, -0.2) is 25.2 Å². The van der Waals surface area contributed by atoms with Gasteiger partial charge in [0.05, 0.1) is 12.5 Å². The van der Waals surface area contributed by atoms with Crippen molar-refractivity contribution in [2.75, 3.05) is 13.2 Å².